The van der Waals surface area contributed by atoms with Crippen molar-refractivity contribution in [3.63, 3.8) is 0 Å². The molecule has 0 unspecified atom stereocenters. The zero-order valence-electron chi connectivity index (χ0n) is 9.75. The van der Waals surface area contributed by atoms with Crippen molar-refractivity contribution < 1.29 is 15.1 Å². The molecule has 0 aliphatic carbocycles. The Balaban J connectivity index is 2.96. The van der Waals surface area contributed by atoms with Crippen molar-refractivity contribution in [1.29, 1.82) is 0 Å². The van der Waals surface area contributed by atoms with Gasteiger partial charge in [0.2, 0.25) is 0 Å². The van der Waals surface area contributed by atoms with Gasteiger partial charge in [0.1, 0.15) is 0 Å². The van der Waals surface area contributed by atoms with Crippen LogP contribution in [-0.2, 0) is 6.54 Å². The van der Waals surface area contributed by atoms with Crippen molar-refractivity contribution in [2.75, 3.05) is 26.3 Å². The minimum atomic E-state index is -0.489. The Morgan fingerprint density at radius 1 is 1.28 bits per heavy atom. The predicted molar refractivity (Wildman–Crippen MR) is 67.6 cm³/mol. The van der Waals surface area contributed by atoms with Crippen LogP contribution in [0, 0.1) is 10.1 Å². The van der Waals surface area contributed by atoms with E-state index in [1.165, 1.54) is 12.1 Å². The Morgan fingerprint density at radius 2 is 1.89 bits per heavy atom. The summed E-state index contributed by atoms with van der Waals surface area (Å²) in [6.07, 6.45) is 0. The number of aliphatic hydroxyl groups excluding tert-OH is 2. The summed E-state index contributed by atoms with van der Waals surface area (Å²) in [6.45, 7) is 0.694. The Kier molecular flexibility index (Phi) is 6.00. The standard InChI is InChI=1S/C11H15ClN2O4/c12-10-2-1-3-11(14(17)18)9(10)8-13(4-6-15)5-7-16/h1-3,15-16H,4-8H2. The molecule has 1 aromatic rings. The van der Waals surface area contributed by atoms with Gasteiger partial charge in [-0.15, -0.1) is 0 Å². The van der Waals surface area contributed by atoms with Crippen LogP contribution in [-0.4, -0.2) is 46.3 Å². The average Bonchev–Trinajstić information content (AvgIpc) is 2.32. The molecule has 0 amide bonds. The van der Waals surface area contributed by atoms with Gasteiger partial charge in [0.15, 0.2) is 0 Å². The SMILES string of the molecule is O=[N+]([O-])c1cccc(Cl)c1CN(CCO)CCO. The van der Waals surface area contributed by atoms with Gasteiger partial charge in [0, 0.05) is 25.7 Å². The molecule has 0 fully saturated rings. The number of benzene rings is 1. The maximum atomic E-state index is 10.9. The molecule has 7 heteroatoms. The second-order valence-electron chi connectivity index (χ2n) is 3.72. The van der Waals surface area contributed by atoms with Crippen molar-refractivity contribution in [3.8, 4) is 0 Å². The van der Waals surface area contributed by atoms with E-state index in [0.717, 1.165) is 0 Å². The highest BCUT2D eigenvalue weighted by molar-refractivity contribution is 6.31. The number of halogens is 1. The van der Waals surface area contributed by atoms with E-state index in [1.807, 2.05) is 0 Å². The summed E-state index contributed by atoms with van der Waals surface area (Å²) in [5, 5.41) is 29.0. The molecule has 0 aromatic heterocycles. The van der Waals surface area contributed by atoms with E-state index in [1.54, 1.807) is 11.0 Å². The topological polar surface area (TPSA) is 86.8 Å². The third-order valence-corrected chi connectivity index (χ3v) is 2.86. The van der Waals surface area contributed by atoms with E-state index in [0.29, 0.717) is 23.7 Å². The molecular formula is C11H15ClN2O4. The molecule has 1 aromatic carbocycles. The van der Waals surface area contributed by atoms with Crippen molar-refractivity contribution in [2.24, 2.45) is 0 Å². The van der Waals surface area contributed by atoms with Crippen LogP contribution in [0.4, 0.5) is 5.69 Å². The molecular weight excluding hydrogens is 260 g/mol. The van der Waals surface area contributed by atoms with Crippen LogP contribution in [0.25, 0.3) is 0 Å². The minimum absolute atomic E-state index is 0.0524. The van der Waals surface area contributed by atoms with Crippen molar-refractivity contribution in [3.05, 3.63) is 38.9 Å². The maximum Gasteiger partial charge on any atom is 0.275 e. The summed E-state index contributed by atoms with van der Waals surface area (Å²) < 4.78 is 0. The first-order chi connectivity index (χ1) is 8.60. The lowest BCUT2D eigenvalue weighted by molar-refractivity contribution is -0.385. The number of hydrogen-bond donors (Lipinski definition) is 2. The largest absolute Gasteiger partial charge is 0.395 e. The average molecular weight is 275 g/mol. The molecule has 0 spiro atoms. The lowest BCUT2D eigenvalue weighted by atomic mass is 10.1. The van der Waals surface area contributed by atoms with Gasteiger partial charge in [0.25, 0.3) is 5.69 Å². The van der Waals surface area contributed by atoms with Gasteiger partial charge in [-0.1, -0.05) is 17.7 Å². The third kappa shape index (κ3) is 3.92. The number of hydrogen-bond acceptors (Lipinski definition) is 5. The zero-order chi connectivity index (χ0) is 13.5. The molecule has 0 aliphatic rings. The molecule has 18 heavy (non-hydrogen) atoms. The smallest absolute Gasteiger partial charge is 0.275 e. The van der Waals surface area contributed by atoms with Crippen LogP contribution < -0.4 is 0 Å². The summed E-state index contributed by atoms with van der Waals surface area (Å²) in [5.74, 6) is 0. The summed E-state index contributed by atoms with van der Waals surface area (Å²) in [4.78, 5) is 12.1. The molecule has 0 heterocycles. The molecule has 0 aliphatic heterocycles. The monoisotopic (exact) mass is 274 g/mol. The van der Waals surface area contributed by atoms with Crippen LogP contribution in [0.1, 0.15) is 5.56 Å². The third-order valence-electron chi connectivity index (χ3n) is 2.51. The molecule has 0 saturated carbocycles. The first kappa shape index (κ1) is 14.8. The minimum Gasteiger partial charge on any atom is -0.395 e. The van der Waals surface area contributed by atoms with Crippen LogP contribution in [0.3, 0.4) is 0 Å². The summed E-state index contributed by atoms with van der Waals surface area (Å²) in [6, 6.07) is 4.49. The van der Waals surface area contributed by atoms with Gasteiger partial charge < -0.3 is 10.2 Å². The fourth-order valence-electron chi connectivity index (χ4n) is 1.65. The van der Waals surface area contributed by atoms with E-state index in [4.69, 9.17) is 21.8 Å². The molecule has 0 atom stereocenters. The van der Waals surface area contributed by atoms with Gasteiger partial charge in [0.05, 0.1) is 28.7 Å². The van der Waals surface area contributed by atoms with Gasteiger partial charge in [-0.25, -0.2) is 0 Å². The summed E-state index contributed by atoms with van der Waals surface area (Å²) in [7, 11) is 0. The maximum absolute atomic E-state index is 10.9. The Hall–Kier alpha value is -1.21. The van der Waals surface area contributed by atoms with Gasteiger partial charge in [-0.3, -0.25) is 15.0 Å². The quantitative estimate of drug-likeness (QED) is 0.573. The molecule has 0 bridgehead atoms. The van der Waals surface area contributed by atoms with Crippen LogP contribution in [0.2, 0.25) is 5.02 Å². The van der Waals surface area contributed by atoms with Gasteiger partial charge in [-0.2, -0.15) is 0 Å². The number of rotatable bonds is 7. The first-order valence-electron chi connectivity index (χ1n) is 5.46. The Bertz CT molecular complexity index is 408. The summed E-state index contributed by atoms with van der Waals surface area (Å²) >= 11 is 5.96. The van der Waals surface area contributed by atoms with Crippen molar-refractivity contribution >= 4 is 17.3 Å². The van der Waals surface area contributed by atoms with Crippen LogP contribution in [0.15, 0.2) is 18.2 Å². The normalized spacial score (nSPS) is 10.9. The van der Waals surface area contributed by atoms with Crippen LogP contribution >= 0.6 is 11.6 Å². The van der Waals surface area contributed by atoms with E-state index in [-0.39, 0.29) is 25.4 Å². The highest BCUT2D eigenvalue weighted by Crippen LogP contribution is 2.27. The van der Waals surface area contributed by atoms with E-state index >= 15 is 0 Å². The lowest BCUT2D eigenvalue weighted by Gasteiger charge is -2.20. The number of nitrogens with zero attached hydrogens (tertiary/aromatic N) is 2. The van der Waals surface area contributed by atoms with E-state index < -0.39 is 4.92 Å². The fraction of sp³-hybridized carbons (Fsp3) is 0.455. The second-order valence-corrected chi connectivity index (χ2v) is 4.13. The van der Waals surface area contributed by atoms with Crippen molar-refractivity contribution in [1.82, 2.24) is 4.90 Å². The number of nitro benzene ring substituents is 1. The fourth-order valence-corrected chi connectivity index (χ4v) is 1.88. The molecule has 0 saturated heterocycles. The highest BCUT2D eigenvalue weighted by Gasteiger charge is 2.18. The van der Waals surface area contributed by atoms with Crippen LogP contribution in [0.5, 0.6) is 0 Å². The van der Waals surface area contributed by atoms with Gasteiger partial charge in [-0.05, 0) is 6.07 Å². The number of aliphatic hydroxyl groups is 2. The predicted octanol–water partition coefficient (Wildman–Crippen LogP) is 1.03. The van der Waals surface area contributed by atoms with E-state index in [2.05, 4.69) is 0 Å². The highest BCUT2D eigenvalue weighted by atomic mass is 35.5. The molecule has 1 rings (SSSR count). The lowest BCUT2D eigenvalue weighted by Crippen LogP contribution is -2.29. The molecule has 0 radical (unpaired) electrons. The first-order valence-corrected chi connectivity index (χ1v) is 5.83. The number of nitro groups is 1. The summed E-state index contributed by atoms with van der Waals surface area (Å²) in [5.41, 5.74) is 0.342. The molecule has 2 N–H and O–H groups in total. The Labute approximate surface area is 110 Å². The van der Waals surface area contributed by atoms with E-state index in [9.17, 15) is 10.1 Å². The zero-order valence-corrected chi connectivity index (χ0v) is 10.5. The second kappa shape index (κ2) is 7.27. The van der Waals surface area contributed by atoms with Crippen molar-refractivity contribution in [2.45, 2.75) is 6.54 Å². The van der Waals surface area contributed by atoms with Gasteiger partial charge >= 0.3 is 0 Å². The Morgan fingerprint density at radius 3 is 2.39 bits per heavy atom. The molecule has 100 valence electrons. The molecule has 6 nitrogen and oxygen atoms in total.